The van der Waals surface area contributed by atoms with Gasteiger partial charge in [-0.05, 0) is 60.5 Å². The minimum atomic E-state index is -0.765. The average Bonchev–Trinajstić information content (AvgIpc) is 3.41. The highest BCUT2D eigenvalue weighted by atomic mass is 35.5. The second kappa shape index (κ2) is 11.1. The third-order valence-electron chi connectivity index (χ3n) is 7.62. The molecule has 0 spiro atoms. The second-order valence-electron chi connectivity index (χ2n) is 10.5. The molecule has 0 bridgehead atoms. The van der Waals surface area contributed by atoms with Crippen LogP contribution in [0.15, 0.2) is 82.6 Å². The van der Waals surface area contributed by atoms with E-state index in [0.29, 0.717) is 26.3 Å². The molecule has 2 aliphatic rings. The molecule has 1 aromatic heterocycles. The maximum absolute atomic E-state index is 14.0. The van der Waals surface area contributed by atoms with Gasteiger partial charge in [0.2, 0.25) is 17.7 Å². The summed E-state index contributed by atoms with van der Waals surface area (Å²) in [4.78, 5) is 57.9. The number of amides is 3. The predicted molar refractivity (Wildman–Crippen MR) is 168 cm³/mol. The van der Waals surface area contributed by atoms with Crippen LogP contribution in [-0.2, 0) is 20.9 Å². The zero-order valence-electron chi connectivity index (χ0n) is 23.0. The van der Waals surface area contributed by atoms with E-state index < -0.39 is 17.1 Å². The summed E-state index contributed by atoms with van der Waals surface area (Å²) in [5, 5.41) is 3.17. The Kier molecular flexibility index (Phi) is 7.46. The largest absolute Gasteiger partial charge is 0.378 e. The Bertz CT molecular complexity index is 1760. The molecule has 8 nitrogen and oxygen atoms in total. The first-order valence-corrected chi connectivity index (χ1v) is 15.4. The van der Waals surface area contributed by atoms with Crippen LogP contribution in [0.5, 0.6) is 0 Å². The molecule has 3 aromatic carbocycles. The molecule has 3 heterocycles. The number of aromatic nitrogens is 1. The van der Waals surface area contributed by atoms with Crippen LogP contribution in [-0.4, -0.2) is 41.6 Å². The summed E-state index contributed by atoms with van der Waals surface area (Å²) in [6, 6.07) is 21.8. The number of nitrogens with zero attached hydrogens (tertiary/aromatic N) is 3. The van der Waals surface area contributed by atoms with E-state index in [1.165, 1.54) is 21.2 Å². The number of hydrogen-bond donors (Lipinski definition) is 1. The molecule has 214 valence electrons. The summed E-state index contributed by atoms with van der Waals surface area (Å²) in [6.45, 7) is 1.68. The molecular formula is C31H27ClN4O4S2. The SMILES string of the molecule is Cc1ccccc1NC(=O)Cn1c2c(sc1=O)[C@@H](c1ccc(N(C)C)cc1)[C@@H]1C(=O)N(c3ccc(Cl)cc3)C(=O)[C@@H]1S2. The van der Waals surface area contributed by atoms with Crippen LogP contribution in [0.1, 0.15) is 21.9 Å². The lowest BCUT2D eigenvalue weighted by atomic mass is 9.83. The smallest absolute Gasteiger partial charge is 0.308 e. The predicted octanol–water partition coefficient (Wildman–Crippen LogP) is 5.37. The quantitative estimate of drug-likeness (QED) is 0.292. The minimum Gasteiger partial charge on any atom is -0.378 e. The van der Waals surface area contributed by atoms with Crippen molar-refractivity contribution in [1.82, 2.24) is 4.57 Å². The highest BCUT2D eigenvalue weighted by Gasteiger charge is 2.56. The number of anilines is 3. The Morgan fingerprint density at radius 2 is 1.64 bits per heavy atom. The molecule has 4 aromatic rings. The van der Waals surface area contributed by atoms with Gasteiger partial charge in [0.25, 0.3) is 0 Å². The lowest BCUT2D eigenvalue weighted by molar-refractivity contribution is -0.122. The molecule has 0 saturated carbocycles. The van der Waals surface area contributed by atoms with E-state index >= 15 is 0 Å². The Morgan fingerprint density at radius 3 is 2.31 bits per heavy atom. The molecular weight excluding hydrogens is 592 g/mol. The van der Waals surface area contributed by atoms with Gasteiger partial charge in [0.1, 0.15) is 11.8 Å². The maximum atomic E-state index is 14.0. The van der Waals surface area contributed by atoms with Gasteiger partial charge in [-0.3, -0.25) is 23.7 Å². The average molecular weight is 619 g/mol. The van der Waals surface area contributed by atoms with E-state index in [1.54, 1.807) is 30.3 Å². The van der Waals surface area contributed by atoms with Crippen molar-refractivity contribution in [2.75, 3.05) is 29.2 Å². The zero-order valence-corrected chi connectivity index (χ0v) is 25.4. The number of benzene rings is 3. The second-order valence-corrected chi connectivity index (χ2v) is 13.1. The van der Waals surface area contributed by atoms with Gasteiger partial charge in [0.15, 0.2) is 0 Å². The van der Waals surface area contributed by atoms with Gasteiger partial charge in [-0.2, -0.15) is 0 Å². The summed E-state index contributed by atoms with van der Waals surface area (Å²) in [5.74, 6) is -2.28. The first kappa shape index (κ1) is 28.3. The Hall–Kier alpha value is -3.86. The van der Waals surface area contributed by atoms with Gasteiger partial charge in [-0.15, -0.1) is 0 Å². The fourth-order valence-electron chi connectivity index (χ4n) is 5.49. The molecule has 42 heavy (non-hydrogen) atoms. The van der Waals surface area contributed by atoms with Gasteiger partial charge < -0.3 is 10.2 Å². The fraction of sp³-hybridized carbons (Fsp3) is 0.226. The van der Waals surface area contributed by atoms with Crippen molar-refractivity contribution in [2.24, 2.45) is 5.92 Å². The monoisotopic (exact) mass is 618 g/mol. The van der Waals surface area contributed by atoms with Crippen molar-refractivity contribution in [1.29, 1.82) is 0 Å². The molecule has 0 unspecified atom stereocenters. The number of thioether (sulfide) groups is 1. The highest BCUT2D eigenvalue weighted by Crippen LogP contribution is 2.54. The van der Waals surface area contributed by atoms with Crippen molar-refractivity contribution in [3.8, 4) is 0 Å². The van der Waals surface area contributed by atoms with Crippen molar-refractivity contribution >= 4 is 69.5 Å². The van der Waals surface area contributed by atoms with E-state index in [4.69, 9.17) is 11.6 Å². The number of para-hydroxylation sites is 1. The number of imide groups is 1. The number of carbonyl (C=O) groups excluding carboxylic acids is 3. The number of carbonyl (C=O) groups is 3. The van der Waals surface area contributed by atoms with Crippen LogP contribution in [0.4, 0.5) is 17.1 Å². The molecule has 0 radical (unpaired) electrons. The summed E-state index contributed by atoms with van der Waals surface area (Å²) < 4.78 is 1.43. The molecule has 2 aliphatic heterocycles. The van der Waals surface area contributed by atoms with E-state index in [1.807, 2.05) is 68.4 Å². The number of thiazole rings is 1. The Labute approximate surface area is 255 Å². The van der Waals surface area contributed by atoms with Crippen LogP contribution in [0.3, 0.4) is 0 Å². The third-order valence-corrected chi connectivity index (χ3v) is 10.5. The van der Waals surface area contributed by atoms with Crippen LogP contribution in [0.25, 0.3) is 0 Å². The fourth-order valence-corrected chi connectivity index (χ4v) is 8.38. The van der Waals surface area contributed by atoms with Gasteiger partial charge >= 0.3 is 4.87 Å². The van der Waals surface area contributed by atoms with Gasteiger partial charge in [-0.25, -0.2) is 4.90 Å². The molecule has 3 atom stereocenters. The zero-order chi connectivity index (χ0) is 29.7. The van der Waals surface area contributed by atoms with E-state index in [0.717, 1.165) is 28.2 Å². The minimum absolute atomic E-state index is 0.210. The number of halogens is 1. The van der Waals surface area contributed by atoms with Crippen molar-refractivity contribution in [3.63, 3.8) is 0 Å². The molecule has 1 fully saturated rings. The van der Waals surface area contributed by atoms with Crippen molar-refractivity contribution in [2.45, 2.75) is 29.7 Å². The molecule has 1 saturated heterocycles. The Balaban J connectivity index is 1.42. The summed E-state index contributed by atoms with van der Waals surface area (Å²) in [7, 11) is 3.88. The lowest BCUT2D eigenvalue weighted by Crippen LogP contribution is -2.33. The normalized spacial score (nSPS) is 19.4. The van der Waals surface area contributed by atoms with Crippen molar-refractivity contribution < 1.29 is 14.4 Å². The standard InChI is InChI=1S/C31H27ClN4O4S2/c1-17-6-4-5-7-22(17)33-23(37)16-35-30-27(42-31(35)40)24(18-8-12-20(13-9-18)34(2)3)25-26(41-30)29(39)36(28(25)38)21-14-10-19(32)11-15-21/h4-15,24-26H,16H2,1-3H3,(H,33,37)/t24-,25-,26+/m0/s1. The first-order chi connectivity index (χ1) is 20.1. The number of fused-ring (bicyclic) bond motifs is 2. The molecule has 1 N–H and O–H groups in total. The lowest BCUT2D eigenvalue weighted by Gasteiger charge is -2.31. The number of nitrogens with one attached hydrogen (secondary N) is 1. The molecule has 6 rings (SSSR count). The number of rotatable bonds is 6. The van der Waals surface area contributed by atoms with Crippen LogP contribution in [0, 0.1) is 12.8 Å². The number of hydrogen-bond acceptors (Lipinski definition) is 7. The third kappa shape index (κ3) is 4.93. The first-order valence-electron chi connectivity index (χ1n) is 13.3. The topological polar surface area (TPSA) is 91.7 Å². The molecule has 0 aliphatic carbocycles. The van der Waals surface area contributed by atoms with Gasteiger partial charge in [0.05, 0.1) is 16.6 Å². The van der Waals surface area contributed by atoms with Gasteiger partial charge in [0, 0.05) is 41.3 Å². The summed E-state index contributed by atoms with van der Waals surface area (Å²) in [5.41, 5.74) is 3.83. The van der Waals surface area contributed by atoms with Crippen LogP contribution >= 0.6 is 34.7 Å². The number of aryl methyl sites for hydroxylation is 1. The van der Waals surface area contributed by atoms with E-state index in [2.05, 4.69) is 5.32 Å². The Morgan fingerprint density at radius 1 is 0.952 bits per heavy atom. The van der Waals surface area contributed by atoms with Crippen LogP contribution in [0.2, 0.25) is 5.02 Å². The maximum Gasteiger partial charge on any atom is 0.308 e. The highest BCUT2D eigenvalue weighted by molar-refractivity contribution is 8.00. The van der Waals surface area contributed by atoms with E-state index in [-0.39, 0.29) is 29.1 Å². The molecule has 11 heteroatoms. The van der Waals surface area contributed by atoms with Gasteiger partial charge in [-0.1, -0.05) is 65.0 Å². The van der Waals surface area contributed by atoms with Crippen LogP contribution < -0.4 is 20.0 Å². The molecule has 3 amide bonds. The van der Waals surface area contributed by atoms with E-state index in [9.17, 15) is 19.2 Å². The summed E-state index contributed by atoms with van der Waals surface area (Å²) >= 11 is 8.29. The summed E-state index contributed by atoms with van der Waals surface area (Å²) in [6.07, 6.45) is 0. The van der Waals surface area contributed by atoms with Crippen molar-refractivity contribution in [3.05, 3.63) is 103 Å².